The Kier molecular flexibility index (Phi) is 6.85. The minimum absolute atomic E-state index is 0.150. The number of halogens is 4. The molecular formula is C20H25ClF3N3OS. The molecule has 4 nitrogen and oxygen atoms in total. The average Bonchev–Trinajstić information content (AvgIpc) is 3.25. The molecule has 2 aliphatic rings. The lowest BCUT2D eigenvalue weighted by atomic mass is 10.0. The Morgan fingerprint density at radius 2 is 2.03 bits per heavy atom. The first kappa shape index (κ1) is 22.4. The lowest BCUT2D eigenvalue weighted by molar-refractivity contribution is -0.137. The molecular weight excluding hydrogens is 423 g/mol. The number of nitrogens with zero attached hydrogens (tertiary/aromatic N) is 2. The van der Waals surface area contributed by atoms with Crippen LogP contribution in [0.1, 0.15) is 44.2 Å². The fourth-order valence-corrected chi connectivity index (χ4v) is 5.18. The molecule has 2 aliphatic heterocycles. The molecule has 2 heterocycles. The minimum Gasteiger partial charge on any atom is -0.355 e. The van der Waals surface area contributed by atoms with Crippen LogP contribution >= 0.6 is 23.4 Å². The normalized spacial score (nSPS) is 22.0. The zero-order valence-corrected chi connectivity index (χ0v) is 18.1. The Balaban J connectivity index is 1.63. The number of likely N-dealkylation sites (tertiary alicyclic amines) is 1. The molecule has 1 fully saturated rings. The molecule has 1 saturated heterocycles. The van der Waals surface area contributed by atoms with Crippen molar-refractivity contribution in [2.75, 3.05) is 26.2 Å². The van der Waals surface area contributed by atoms with Gasteiger partial charge in [-0.1, -0.05) is 23.4 Å². The van der Waals surface area contributed by atoms with E-state index in [-0.39, 0.29) is 16.5 Å². The summed E-state index contributed by atoms with van der Waals surface area (Å²) in [5, 5.41) is 2.99. The van der Waals surface area contributed by atoms with Crippen LogP contribution in [0.15, 0.2) is 23.2 Å². The van der Waals surface area contributed by atoms with E-state index in [1.165, 1.54) is 30.7 Å². The Hall–Kier alpha value is -1.25. The summed E-state index contributed by atoms with van der Waals surface area (Å²) in [6.45, 7) is 7.39. The first-order chi connectivity index (χ1) is 13.6. The molecule has 29 heavy (non-hydrogen) atoms. The van der Waals surface area contributed by atoms with Crippen LogP contribution in [0.2, 0.25) is 5.02 Å². The molecule has 0 bridgehead atoms. The lowest BCUT2D eigenvalue weighted by Gasteiger charge is -2.23. The van der Waals surface area contributed by atoms with E-state index >= 15 is 0 Å². The Bertz CT molecular complexity index is 792. The van der Waals surface area contributed by atoms with Gasteiger partial charge in [0.1, 0.15) is 10.3 Å². The highest BCUT2D eigenvalue weighted by molar-refractivity contribution is 8.15. The number of aliphatic imine (C=N–C) groups is 1. The largest absolute Gasteiger partial charge is 0.416 e. The second-order valence-corrected chi connectivity index (χ2v) is 9.46. The Morgan fingerprint density at radius 1 is 1.34 bits per heavy atom. The zero-order chi connectivity index (χ0) is 21.2. The van der Waals surface area contributed by atoms with Gasteiger partial charge in [-0.2, -0.15) is 13.2 Å². The van der Waals surface area contributed by atoms with Crippen LogP contribution in [0.25, 0.3) is 0 Å². The van der Waals surface area contributed by atoms with Crippen molar-refractivity contribution in [2.24, 2.45) is 4.99 Å². The molecule has 1 N–H and O–H groups in total. The van der Waals surface area contributed by atoms with Crippen molar-refractivity contribution in [1.29, 1.82) is 0 Å². The number of benzene rings is 1. The van der Waals surface area contributed by atoms with Crippen LogP contribution < -0.4 is 5.32 Å². The number of rotatable bonds is 6. The fraction of sp³-hybridized carbons (Fsp3) is 0.600. The first-order valence-electron chi connectivity index (χ1n) is 9.71. The zero-order valence-electron chi connectivity index (χ0n) is 16.5. The summed E-state index contributed by atoms with van der Waals surface area (Å²) >= 11 is 7.32. The summed E-state index contributed by atoms with van der Waals surface area (Å²) in [4.78, 5) is 19.6. The van der Waals surface area contributed by atoms with Gasteiger partial charge in [0.05, 0.1) is 16.1 Å². The van der Waals surface area contributed by atoms with Crippen LogP contribution in [0.5, 0.6) is 0 Å². The van der Waals surface area contributed by atoms with Crippen molar-refractivity contribution in [3.63, 3.8) is 0 Å². The predicted molar refractivity (Wildman–Crippen MR) is 112 cm³/mol. The van der Waals surface area contributed by atoms with Gasteiger partial charge in [0.2, 0.25) is 5.91 Å². The molecule has 0 spiro atoms. The number of hydrogen-bond donors (Lipinski definition) is 1. The number of alkyl halides is 3. The van der Waals surface area contributed by atoms with Crippen LogP contribution in [-0.2, 0) is 11.0 Å². The monoisotopic (exact) mass is 447 g/mol. The first-order valence-corrected chi connectivity index (χ1v) is 11.0. The maximum absolute atomic E-state index is 13.1. The summed E-state index contributed by atoms with van der Waals surface area (Å²) in [6, 6.07) is 3.17. The van der Waals surface area contributed by atoms with E-state index in [0.717, 1.165) is 38.2 Å². The average molecular weight is 448 g/mol. The maximum Gasteiger partial charge on any atom is 0.416 e. The molecule has 1 atom stereocenters. The van der Waals surface area contributed by atoms with E-state index in [9.17, 15) is 18.0 Å². The number of hydrogen-bond acceptors (Lipinski definition) is 4. The summed E-state index contributed by atoms with van der Waals surface area (Å²) in [5.74, 6) is -0.150. The van der Waals surface area contributed by atoms with Crippen molar-refractivity contribution in [2.45, 2.75) is 50.1 Å². The summed E-state index contributed by atoms with van der Waals surface area (Å²) in [5.41, 5.74) is -1.31. The van der Waals surface area contributed by atoms with Crippen molar-refractivity contribution < 1.29 is 18.0 Å². The number of carbonyl (C=O) groups is 1. The van der Waals surface area contributed by atoms with E-state index in [1.807, 2.05) is 13.8 Å². The smallest absolute Gasteiger partial charge is 0.355 e. The predicted octanol–water partition coefficient (Wildman–Crippen LogP) is 4.60. The van der Waals surface area contributed by atoms with Gasteiger partial charge in [-0.25, -0.2) is 0 Å². The maximum atomic E-state index is 13.1. The third kappa shape index (κ3) is 5.47. The van der Waals surface area contributed by atoms with Gasteiger partial charge in [-0.15, -0.1) is 0 Å². The summed E-state index contributed by atoms with van der Waals surface area (Å²) < 4.78 is 39.2. The van der Waals surface area contributed by atoms with Gasteiger partial charge in [0.25, 0.3) is 0 Å². The van der Waals surface area contributed by atoms with Gasteiger partial charge >= 0.3 is 6.18 Å². The fourth-order valence-electron chi connectivity index (χ4n) is 3.58. The van der Waals surface area contributed by atoms with E-state index in [4.69, 9.17) is 11.6 Å². The second-order valence-electron chi connectivity index (χ2n) is 7.95. The molecule has 1 amide bonds. The van der Waals surface area contributed by atoms with Crippen LogP contribution in [0.3, 0.4) is 0 Å². The molecule has 0 saturated carbocycles. The highest BCUT2D eigenvalue weighted by Crippen LogP contribution is 2.41. The van der Waals surface area contributed by atoms with Crippen molar-refractivity contribution in [3.8, 4) is 0 Å². The highest BCUT2D eigenvalue weighted by atomic mass is 35.5. The SMILES string of the molecule is CC1(C)N=C(c2cc(C(F)(F)F)ccc2Cl)SC1C(=O)NCCCN1CCCC1. The topological polar surface area (TPSA) is 44.7 Å². The number of carbonyl (C=O) groups excluding carboxylic acids is 1. The van der Waals surface area contributed by atoms with E-state index in [2.05, 4.69) is 15.2 Å². The summed E-state index contributed by atoms with van der Waals surface area (Å²) in [6.07, 6.45) is -1.13. The second kappa shape index (κ2) is 8.86. The van der Waals surface area contributed by atoms with Crippen LogP contribution in [-0.4, -0.2) is 52.8 Å². The van der Waals surface area contributed by atoms with Gasteiger partial charge in [-0.05, 0) is 70.9 Å². The highest BCUT2D eigenvalue weighted by Gasteiger charge is 2.43. The molecule has 3 rings (SSSR count). The quantitative estimate of drug-likeness (QED) is 0.648. The molecule has 9 heteroatoms. The van der Waals surface area contributed by atoms with Crippen LogP contribution in [0, 0.1) is 0 Å². The standard InChI is InChI=1S/C20H25ClF3N3OS/c1-19(2)16(17(28)25-8-5-11-27-9-3-4-10-27)29-18(26-19)14-12-13(20(22,23)24)6-7-15(14)21/h6-7,12,16H,3-5,8-11H2,1-2H3,(H,25,28). The van der Waals surface area contributed by atoms with Gasteiger partial charge in [-0.3, -0.25) is 9.79 Å². The summed E-state index contributed by atoms with van der Waals surface area (Å²) in [7, 11) is 0. The van der Waals surface area contributed by atoms with Gasteiger partial charge in [0.15, 0.2) is 0 Å². The number of nitrogens with one attached hydrogen (secondary N) is 1. The van der Waals surface area contributed by atoms with Crippen LogP contribution in [0.4, 0.5) is 13.2 Å². The van der Waals surface area contributed by atoms with Gasteiger partial charge in [0, 0.05) is 12.1 Å². The van der Waals surface area contributed by atoms with E-state index in [1.54, 1.807) is 0 Å². The number of thioether (sulfide) groups is 1. The molecule has 1 aromatic carbocycles. The molecule has 0 aromatic heterocycles. The Labute approximate surface area is 178 Å². The van der Waals surface area contributed by atoms with Crippen molar-refractivity contribution in [1.82, 2.24) is 10.2 Å². The van der Waals surface area contributed by atoms with Gasteiger partial charge < -0.3 is 10.2 Å². The van der Waals surface area contributed by atoms with E-state index in [0.29, 0.717) is 11.6 Å². The number of amides is 1. The molecule has 1 aromatic rings. The lowest BCUT2D eigenvalue weighted by Crippen LogP contribution is -2.43. The molecule has 0 radical (unpaired) electrons. The van der Waals surface area contributed by atoms with E-state index < -0.39 is 22.5 Å². The minimum atomic E-state index is -4.47. The third-order valence-corrected chi connectivity index (χ3v) is 7.06. The molecule has 1 unspecified atom stereocenters. The third-order valence-electron chi connectivity index (χ3n) is 5.17. The van der Waals surface area contributed by atoms with Crippen molar-refractivity contribution >= 4 is 34.3 Å². The molecule has 160 valence electrons. The molecule has 0 aliphatic carbocycles. The Morgan fingerprint density at radius 3 is 2.69 bits per heavy atom. The van der Waals surface area contributed by atoms with Crippen molar-refractivity contribution in [3.05, 3.63) is 34.3 Å².